The lowest BCUT2D eigenvalue weighted by Gasteiger charge is -2.40. The van der Waals surface area contributed by atoms with Crippen molar-refractivity contribution in [3.05, 3.63) is 33.4 Å². The Balaban J connectivity index is 2.31. The summed E-state index contributed by atoms with van der Waals surface area (Å²) in [6.45, 7) is -1.23. The fraction of sp³-hybridized carbons (Fsp3) is 0.353. The van der Waals surface area contributed by atoms with Crippen LogP contribution in [0.5, 0.6) is 0 Å². The molecule has 1 aromatic carbocycles. The SMILES string of the molecule is COC(=O)C1(c2c(C#N)nn(-c3c(Cl)cc(S(F)(F)(F)(F)F)cc3Cl)c2NCCF)CC1. The summed E-state index contributed by atoms with van der Waals surface area (Å²) < 4.78 is 84.5. The molecule has 0 radical (unpaired) electrons. The highest BCUT2D eigenvalue weighted by molar-refractivity contribution is 8.45. The van der Waals surface area contributed by atoms with Crippen molar-refractivity contribution in [1.29, 1.82) is 5.26 Å². The number of esters is 1. The third-order valence-corrected chi connectivity index (χ3v) is 6.53. The van der Waals surface area contributed by atoms with E-state index in [1.54, 1.807) is 6.07 Å². The normalized spacial score (nSPS) is 17.1. The number of nitrogens with one attached hydrogen (secondary N) is 1. The largest absolute Gasteiger partial charge is 0.468 e. The van der Waals surface area contributed by atoms with Gasteiger partial charge in [0.15, 0.2) is 5.69 Å². The van der Waals surface area contributed by atoms with Crippen LogP contribution in [-0.4, -0.2) is 36.1 Å². The monoisotopic (exact) mass is 522 g/mol. The van der Waals surface area contributed by atoms with E-state index in [0.29, 0.717) is 0 Å². The molecule has 0 unspecified atom stereocenters. The number of nitriles is 1. The van der Waals surface area contributed by atoms with Gasteiger partial charge in [0, 0.05) is 6.54 Å². The van der Waals surface area contributed by atoms with Gasteiger partial charge in [-0.3, -0.25) is 4.79 Å². The summed E-state index contributed by atoms with van der Waals surface area (Å²) in [5, 5.41) is 14.4. The number of benzene rings is 1. The Morgan fingerprint density at radius 3 is 2.25 bits per heavy atom. The number of nitrogens with zero attached hydrogens (tertiary/aromatic N) is 3. The van der Waals surface area contributed by atoms with Crippen LogP contribution in [-0.2, 0) is 14.9 Å². The number of methoxy groups -OCH3 is 1. The first-order valence-corrected chi connectivity index (χ1v) is 11.5. The van der Waals surface area contributed by atoms with Gasteiger partial charge in [0.05, 0.1) is 28.1 Å². The quantitative estimate of drug-likeness (QED) is 0.341. The molecule has 6 nitrogen and oxygen atoms in total. The summed E-state index contributed by atoms with van der Waals surface area (Å²) >= 11 is 11.8. The number of carbonyl (C=O) groups excluding carboxylic acids is 1. The topological polar surface area (TPSA) is 79.9 Å². The van der Waals surface area contributed by atoms with E-state index in [4.69, 9.17) is 27.9 Å². The van der Waals surface area contributed by atoms with Crippen molar-refractivity contribution in [3.63, 3.8) is 0 Å². The summed E-state index contributed by atoms with van der Waals surface area (Å²) in [5.74, 6) is -0.851. The van der Waals surface area contributed by atoms with E-state index in [1.807, 2.05) is 0 Å². The van der Waals surface area contributed by atoms with E-state index in [9.17, 15) is 33.9 Å². The van der Waals surface area contributed by atoms with Crippen LogP contribution >= 0.6 is 33.4 Å². The van der Waals surface area contributed by atoms with E-state index < -0.39 is 48.9 Å². The minimum atomic E-state index is -10.1. The zero-order chi connectivity index (χ0) is 24.2. The lowest BCUT2D eigenvalue weighted by Crippen LogP contribution is -2.24. The molecule has 1 fully saturated rings. The number of ether oxygens (including phenoxy) is 1. The first kappa shape index (κ1) is 24.3. The Labute approximate surface area is 187 Å². The van der Waals surface area contributed by atoms with Gasteiger partial charge in [-0.05, 0) is 25.0 Å². The van der Waals surface area contributed by atoms with Gasteiger partial charge < -0.3 is 10.1 Å². The fourth-order valence-corrected chi connectivity index (χ4v) is 4.74. The molecule has 1 aliphatic rings. The summed E-state index contributed by atoms with van der Waals surface area (Å²) in [6, 6.07) is 1.74. The Bertz CT molecular complexity index is 1140. The first-order chi connectivity index (χ1) is 14.6. The van der Waals surface area contributed by atoms with Gasteiger partial charge in [-0.25, -0.2) is 9.07 Å². The van der Waals surface area contributed by atoms with Crippen molar-refractivity contribution in [3.8, 4) is 11.8 Å². The molecule has 1 aromatic heterocycles. The summed E-state index contributed by atoms with van der Waals surface area (Å²) in [5.41, 5.74) is -2.06. The zero-order valence-electron chi connectivity index (χ0n) is 16.1. The predicted octanol–water partition coefficient (Wildman–Crippen LogP) is 6.29. The molecule has 0 bridgehead atoms. The van der Waals surface area contributed by atoms with E-state index in [0.717, 1.165) is 11.8 Å². The van der Waals surface area contributed by atoms with Gasteiger partial charge in [0.2, 0.25) is 0 Å². The molecule has 1 N–H and O–H groups in total. The Morgan fingerprint density at radius 2 is 1.84 bits per heavy atom. The molecule has 0 aliphatic heterocycles. The Hall–Kier alpha value is -2.30. The van der Waals surface area contributed by atoms with E-state index in [2.05, 4.69) is 10.4 Å². The minimum Gasteiger partial charge on any atom is -0.468 e. The minimum absolute atomic E-state index is 0.0101. The van der Waals surface area contributed by atoms with Gasteiger partial charge in [-0.1, -0.05) is 42.6 Å². The average Bonchev–Trinajstić information content (AvgIpc) is 3.39. The summed E-state index contributed by atoms with van der Waals surface area (Å²) in [6.07, 6.45) is 0.518. The summed E-state index contributed by atoms with van der Waals surface area (Å²) in [4.78, 5) is 10.1. The predicted molar refractivity (Wildman–Crippen MR) is 107 cm³/mol. The maximum absolute atomic E-state index is 13.2. The number of anilines is 1. The molecule has 0 saturated heterocycles. The molecule has 176 valence electrons. The number of hydrogen-bond acceptors (Lipinski definition) is 5. The van der Waals surface area contributed by atoms with Crippen LogP contribution in [0.3, 0.4) is 0 Å². The number of aromatic nitrogens is 2. The highest BCUT2D eigenvalue weighted by atomic mass is 35.5. The van der Waals surface area contributed by atoms with Gasteiger partial charge in [-0.15, -0.1) is 0 Å². The van der Waals surface area contributed by atoms with Crippen LogP contribution in [0.1, 0.15) is 24.1 Å². The van der Waals surface area contributed by atoms with Gasteiger partial charge >= 0.3 is 16.2 Å². The van der Waals surface area contributed by atoms with E-state index in [1.165, 1.54) is 0 Å². The van der Waals surface area contributed by atoms with Gasteiger partial charge in [0.1, 0.15) is 29.1 Å². The Kier molecular flexibility index (Phi) is 5.40. The molecular formula is C17H14Cl2F6N4O2S. The van der Waals surface area contributed by atoms with Gasteiger partial charge in [-0.2, -0.15) is 10.4 Å². The third kappa shape index (κ3) is 4.18. The van der Waals surface area contributed by atoms with E-state index in [-0.39, 0.29) is 48.6 Å². The molecule has 2 aromatic rings. The Morgan fingerprint density at radius 1 is 1.28 bits per heavy atom. The molecule has 0 spiro atoms. The highest BCUT2D eigenvalue weighted by Crippen LogP contribution is 3.02. The van der Waals surface area contributed by atoms with Gasteiger partial charge in [0.25, 0.3) is 0 Å². The number of alkyl halides is 1. The third-order valence-electron chi connectivity index (χ3n) is 4.83. The standard InChI is InChI=1S/C17H14Cl2F6N4O2S/c1-31-16(30)17(2-3-17)13-12(8-26)28-29(15(13)27-5-4-20)14-10(18)6-9(7-11(14)19)32(21,22,23,24)25/h6-7,27H,2-5H2,1H3. The van der Waals surface area contributed by atoms with Crippen LogP contribution in [0.4, 0.5) is 29.6 Å². The van der Waals surface area contributed by atoms with Crippen molar-refractivity contribution in [1.82, 2.24) is 9.78 Å². The molecule has 1 heterocycles. The molecule has 32 heavy (non-hydrogen) atoms. The van der Waals surface area contributed by atoms with Crippen molar-refractivity contribution in [2.45, 2.75) is 23.2 Å². The second-order valence-electron chi connectivity index (χ2n) is 6.99. The maximum Gasteiger partial charge on any atom is 0.316 e. The molecule has 3 rings (SSSR count). The summed E-state index contributed by atoms with van der Waals surface area (Å²) in [7, 11) is -8.98. The van der Waals surface area contributed by atoms with Crippen molar-refractivity contribution in [2.24, 2.45) is 0 Å². The van der Waals surface area contributed by atoms with Crippen LogP contribution in [0.15, 0.2) is 17.0 Å². The van der Waals surface area contributed by atoms with Crippen molar-refractivity contribution >= 4 is 45.2 Å². The molecule has 1 saturated carbocycles. The molecular weight excluding hydrogens is 509 g/mol. The molecule has 0 atom stereocenters. The second-order valence-corrected chi connectivity index (χ2v) is 10.2. The number of carbonyl (C=O) groups is 1. The number of rotatable bonds is 7. The second kappa shape index (κ2) is 7.10. The molecule has 1 aliphatic carbocycles. The van der Waals surface area contributed by atoms with Crippen LogP contribution in [0.2, 0.25) is 10.0 Å². The molecule has 0 amide bonds. The van der Waals surface area contributed by atoms with Crippen LogP contribution in [0.25, 0.3) is 5.69 Å². The zero-order valence-corrected chi connectivity index (χ0v) is 18.4. The lowest BCUT2D eigenvalue weighted by atomic mass is 9.95. The van der Waals surface area contributed by atoms with Crippen molar-refractivity contribution in [2.75, 3.05) is 25.6 Å². The van der Waals surface area contributed by atoms with Crippen molar-refractivity contribution < 1.29 is 33.4 Å². The average molecular weight is 523 g/mol. The number of hydrogen-bond donors (Lipinski definition) is 1. The number of halogens is 8. The van der Waals surface area contributed by atoms with E-state index >= 15 is 0 Å². The highest BCUT2D eigenvalue weighted by Gasteiger charge is 2.65. The first-order valence-electron chi connectivity index (χ1n) is 8.75. The maximum atomic E-state index is 13.2. The molecule has 15 heteroatoms. The van der Waals surface area contributed by atoms with Crippen LogP contribution in [0, 0.1) is 11.3 Å². The smallest absolute Gasteiger partial charge is 0.316 e. The lowest BCUT2D eigenvalue weighted by molar-refractivity contribution is -0.143. The fourth-order valence-electron chi connectivity index (χ4n) is 3.28. The van der Waals surface area contributed by atoms with Crippen LogP contribution < -0.4 is 5.32 Å².